The summed E-state index contributed by atoms with van der Waals surface area (Å²) in [4.78, 5) is 0. The van der Waals surface area contributed by atoms with Crippen LogP contribution >= 0.6 is 0 Å². The molecule has 0 amide bonds. The number of fused-ring (bicyclic) bond motifs is 3. The van der Waals surface area contributed by atoms with Gasteiger partial charge in [-0.1, -0.05) is 61.7 Å². The number of aromatic nitrogens is 1. The predicted octanol–water partition coefficient (Wildman–Crippen LogP) is 6.97. The molecule has 0 unspecified atom stereocenters. The van der Waals surface area contributed by atoms with Gasteiger partial charge in [-0.15, -0.1) is 0 Å². The number of aryl methyl sites for hydroxylation is 2. The summed E-state index contributed by atoms with van der Waals surface area (Å²) in [6.45, 7) is 12.4. The lowest BCUT2D eigenvalue weighted by Gasteiger charge is -2.09. The number of nitrogens with zero attached hydrogens (tertiary/aromatic N) is 1. The Morgan fingerprint density at radius 3 is 2.61 bits per heavy atom. The van der Waals surface area contributed by atoms with E-state index in [0.717, 1.165) is 45.6 Å². The van der Waals surface area contributed by atoms with Crippen molar-refractivity contribution in [2.45, 2.75) is 20.3 Å². The Morgan fingerprint density at radius 2 is 1.87 bits per heavy atom. The van der Waals surface area contributed by atoms with Crippen molar-refractivity contribution in [3.8, 4) is 11.3 Å². The van der Waals surface area contributed by atoms with Gasteiger partial charge in [0.05, 0.1) is 5.56 Å². The summed E-state index contributed by atoms with van der Waals surface area (Å²) < 4.78 is 8.69. The van der Waals surface area contributed by atoms with Crippen LogP contribution in [0, 0.1) is 6.92 Å². The zero-order chi connectivity index (χ0) is 22.0. The molecule has 0 spiro atoms. The van der Waals surface area contributed by atoms with Crippen LogP contribution in [0.3, 0.4) is 0 Å². The number of pyridine rings is 1. The Kier molecular flexibility index (Phi) is 5.73. The van der Waals surface area contributed by atoms with E-state index in [9.17, 15) is 0 Å². The van der Waals surface area contributed by atoms with Crippen molar-refractivity contribution >= 4 is 17.0 Å². The highest BCUT2D eigenvalue weighted by molar-refractivity contribution is 5.96. The standard InChI is InChI=1S/C29H28NO/c1-6-10-23-19-25-24-16-14-21(4)28(26-11-8-9-18-30(26)5)29(24)31-27(25)17-13-20(3)12-15-22(23)7-2/h6-18H,2-3,19H2,1,4-5H3/q+1/b10-6-,15-12-,17-13-,23-22-. The number of hydrogen-bond acceptors (Lipinski definition) is 1. The molecule has 1 aliphatic carbocycles. The highest BCUT2D eigenvalue weighted by Gasteiger charge is 2.22. The molecule has 2 nitrogen and oxygen atoms in total. The van der Waals surface area contributed by atoms with E-state index in [0.29, 0.717) is 0 Å². The molecular formula is C29H28NO+. The number of benzene rings is 1. The average molecular weight is 407 g/mol. The van der Waals surface area contributed by atoms with E-state index in [-0.39, 0.29) is 0 Å². The SMILES string of the molecule is C=CC1=C(\C=C/C)Cc2c(oc3c(-c4cccc[n+]4C)c(C)ccc23)/C=C\C(=C)/C=C\1. The maximum atomic E-state index is 6.55. The summed E-state index contributed by atoms with van der Waals surface area (Å²) in [7, 11) is 2.07. The minimum Gasteiger partial charge on any atom is -0.455 e. The fourth-order valence-electron chi connectivity index (χ4n) is 4.14. The fourth-order valence-corrected chi connectivity index (χ4v) is 4.14. The topological polar surface area (TPSA) is 17.0 Å². The van der Waals surface area contributed by atoms with Crippen molar-refractivity contribution in [1.29, 1.82) is 0 Å². The molecule has 2 heteroatoms. The highest BCUT2D eigenvalue weighted by Crippen LogP contribution is 2.37. The van der Waals surface area contributed by atoms with E-state index in [1.165, 1.54) is 16.7 Å². The van der Waals surface area contributed by atoms with Gasteiger partial charge in [0.25, 0.3) is 0 Å². The van der Waals surface area contributed by atoms with Gasteiger partial charge < -0.3 is 4.42 Å². The van der Waals surface area contributed by atoms with E-state index < -0.39 is 0 Å². The monoisotopic (exact) mass is 406 g/mol. The molecule has 0 aliphatic heterocycles. The average Bonchev–Trinajstić information content (AvgIpc) is 3.10. The molecule has 0 fully saturated rings. The second-order valence-electron chi connectivity index (χ2n) is 7.88. The summed E-state index contributed by atoms with van der Waals surface area (Å²) in [6.07, 6.45) is 17.1. The molecular weight excluding hydrogens is 378 g/mol. The van der Waals surface area contributed by atoms with Crippen molar-refractivity contribution in [2.75, 3.05) is 0 Å². The summed E-state index contributed by atoms with van der Waals surface area (Å²) in [5.74, 6) is 0.877. The van der Waals surface area contributed by atoms with Gasteiger partial charge in [0.2, 0.25) is 5.69 Å². The van der Waals surface area contributed by atoms with E-state index in [2.05, 4.69) is 80.4 Å². The zero-order valence-electron chi connectivity index (χ0n) is 18.5. The second kappa shape index (κ2) is 8.61. The van der Waals surface area contributed by atoms with Crippen molar-refractivity contribution < 1.29 is 8.98 Å². The summed E-state index contributed by atoms with van der Waals surface area (Å²) in [6, 6.07) is 10.6. The number of hydrogen-bond donors (Lipinski definition) is 0. The highest BCUT2D eigenvalue weighted by atomic mass is 16.3. The van der Waals surface area contributed by atoms with E-state index in [1.807, 2.05) is 37.3 Å². The van der Waals surface area contributed by atoms with Crippen LogP contribution in [0.4, 0.5) is 0 Å². The van der Waals surface area contributed by atoms with Crippen LogP contribution in [0.2, 0.25) is 0 Å². The fraction of sp³-hybridized carbons (Fsp3) is 0.138. The van der Waals surface area contributed by atoms with Gasteiger partial charge in [0, 0.05) is 29.5 Å². The lowest BCUT2D eigenvalue weighted by molar-refractivity contribution is -0.660. The molecule has 1 aromatic carbocycles. The molecule has 0 saturated carbocycles. The van der Waals surface area contributed by atoms with Crippen LogP contribution in [-0.2, 0) is 13.5 Å². The molecule has 2 heterocycles. The Labute approximate surface area is 184 Å². The quantitative estimate of drug-likeness (QED) is 0.429. The zero-order valence-corrected chi connectivity index (χ0v) is 18.5. The molecule has 0 saturated heterocycles. The van der Waals surface area contributed by atoms with Gasteiger partial charge in [-0.25, -0.2) is 4.57 Å². The molecule has 4 rings (SSSR count). The molecule has 0 atom stereocenters. The van der Waals surface area contributed by atoms with Crippen LogP contribution in [0.25, 0.3) is 28.3 Å². The molecule has 154 valence electrons. The number of rotatable bonds is 3. The van der Waals surface area contributed by atoms with Crippen LogP contribution < -0.4 is 4.57 Å². The van der Waals surface area contributed by atoms with Crippen LogP contribution in [-0.4, -0.2) is 0 Å². The second-order valence-corrected chi connectivity index (χ2v) is 7.88. The normalized spacial score (nSPS) is 18.9. The summed E-state index contributed by atoms with van der Waals surface area (Å²) >= 11 is 0. The van der Waals surface area contributed by atoms with Crippen LogP contribution in [0.15, 0.2) is 107 Å². The van der Waals surface area contributed by atoms with E-state index >= 15 is 0 Å². The largest absolute Gasteiger partial charge is 0.455 e. The number of allylic oxidation sites excluding steroid dienone is 9. The smallest absolute Gasteiger partial charge is 0.216 e. The first-order valence-electron chi connectivity index (χ1n) is 10.6. The van der Waals surface area contributed by atoms with Gasteiger partial charge in [-0.3, -0.25) is 0 Å². The Hall–Kier alpha value is -3.65. The summed E-state index contributed by atoms with van der Waals surface area (Å²) in [5, 5.41) is 1.14. The van der Waals surface area contributed by atoms with Crippen molar-refractivity contribution in [3.05, 3.63) is 120 Å². The number of furan rings is 1. The maximum absolute atomic E-state index is 6.55. The maximum Gasteiger partial charge on any atom is 0.216 e. The van der Waals surface area contributed by atoms with E-state index in [4.69, 9.17) is 4.42 Å². The Bertz CT molecular complexity index is 1310. The lowest BCUT2D eigenvalue weighted by Crippen LogP contribution is -2.30. The van der Waals surface area contributed by atoms with Gasteiger partial charge >= 0.3 is 0 Å². The lowest BCUT2D eigenvalue weighted by atomic mass is 9.93. The Morgan fingerprint density at radius 1 is 1.06 bits per heavy atom. The van der Waals surface area contributed by atoms with Gasteiger partial charge in [0.1, 0.15) is 18.4 Å². The molecule has 1 aliphatic rings. The van der Waals surface area contributed by atoms with Gasteiger partial charge in [-0.2, -0.15) is 0 Å². The van der Waals surface area contributed by atoms with Gasteiger partial charge in [0.15, 0.2) is 6.20 Å². The van der Waals surface area contributed by atoms with Crippen LogP contribution in [0.1, 0.15) is 23.8 Å². The minimum atomic E-state index is 0.762. The Balaban J connectivity index is 2.04. The van der Waals surface area contributed by atoms with Crippen molar-refractivity contribution in [1.82, 2.24) is 0 Å². The first-order chi connectivity index (χ1) is 15.0. The summed E-state index contributed by atoms with van der Waals surface area (Å²) in [5.41, 5.74) is 8.78. The molecule has 3 aromatic rings. The predicted molar refractivity (Wildman–Crippen MR) is 131 cm³/mol. The third-order valence-corrected chi connectivity index (χ3v) is 5.76. The van der Waals surface area contributed by atoms with Gasteiger partial charge in [-0.05, 0) is 48.3 Å². The molecule has 0 bridgehead atoms. The van der Waals surface area contributed by atoms with Crippen molar-refractivity contribution in [3.63, 3.8) is 0 Å². The van der Waals surface area contributed by atoms with E-state index in [1.54, 1.807) is 0 Å². The molecule has 0 N–H and O–H groups in total. The van der Waals surface area contributed by atoms with Crippen LogP contribution in [0.5, 0.6) is 0 Å². The molecule has 0 radical (unpaired) electrons. The minimum absolute atomic E-state index is 0.762. The first-order valence-corrected chi connectivity index (χ1v) is 10.6. The first kappa shape index (κ1) is 20.6. The molecule has 31 heavy (non-hydrogen) atoms. The third kappa shape index (κ3) is 3.89. The third-order valence-electron chi connectivity index (χ3n) is 5.76. The molecule has 2 aromatic heterocycles. The van der Waals surface area contributed by atoms with Crippen molar-refractivity contribution in [2.24, 2.45) is 7.05 Å².